The van der Waals surface area contributed by atoms with Crippen LogP contribution < -0.4 is 15.6 Å². The van der Waals surface area contributed by atoms with Gasteiger partial charge in [0.1, 0.15) is 11.4 Å². The van der Waals surface area contributed by atoms with Gasteiger partial charge in [0.15, 0.2) is 0 Å². The monoisotopic (exact) mass is 312 g/mol. The average molecular weight is 312 g/mol. The zero-order valence-electron chi connectivity index (χ0n) is 14.1. The summed E-state index contributed by atoms with van der Waals surface area (Å²) in [5.41, 5.74) is 6.40. The molecule has 0 bridgehead atoms. The van der Waals surface area contributed by atoms with Gasteiger partial charge in [-0.1, -0.05) is 26.0 Å². The highest BCUT2D eigenvalue weighted by Crippen LogP contribution is 2.31. The van der Waals surface area contributed by atoms with E-state index in [9.17, 15) is 4.79 Å². The largest absolute Gasteiger partial charge is 0.493 e. The number of aromatic amines is 1. The molecule has 2 N–H and O–H groups in total. The number of nitrogens with one attached hydrogen (secondary N) is 2. The number of pyridine rings is 1. The van der Waals surface area contributed by atoms with Gasteiger partial charge in [-0.3, -0.25) is 4.79 Å². The summed E-state index contributed by atoms with van der Waals surface area (Å²) in [6, 6.07) is 6.37. The number of hydrogen-bond donors (Lipinski definition) is 2. The van der Waals surface area contributed by atoms with Crippen LogP contribution in [0, 0.1) is 6.92 Å². The van der Waals surface area contributed by atoms with Crippen LogP contribution in [0.1, 0.15) is 41.8 Å². The van der Waals surface area contributed by atoms with Crippen molar-refractivity contribution in [2.24, 2.45) is 0 Å². The molecule has 4 heteroatoms. The van der Waals surface area contributed by atoms with E-state index >= 15 is 0 Å². The minimum Gasteiger partial charge on any atom is -0.493 e. The number of fused-ring (bicyclic) bond motifs is 1. The lowest BCUT2D eigenvalue weighted by Crippen LogP contribution is -2.16. The quantitative estimate of drug-likeness (QED) is 0.890. The Kier molecular flexibility index (Phi) is 4.42. The van der Waals surface area contributed by atoms with Gasteiger partial charge in [0.25, 0.3) is 5.56 Å². The van der Waals surface area contributed by atoms with Gasteiger partial charge in [0.05, 0.1) is 6.61 Å². The fourth-order valence-corrected chi connectivity index (χ4v) is 3.15. The van der Waals surface area contributed by atoms with E-state index in [1.54, 1.807) is 0 Å². The number of benzene rings is 1. The van der Waals surface area contributed by atoms with E-state index in [1.807, 2.05) is 13.0 Å². The molecule has 0 spiro atoms. The maximum atomic E-state index is 12.1. The Morgan fingerprint density at radius 2 is 2.00 bits per heavy atom. The number of aromatic nitrogens is 1. The maximum Gasteiger partial charge on any atom is 0.271 e. The fourth-order valence-electron chi connectivity index (χ4n) is 3.15. The van der Waals surface area contributed by atoms with Crippen LogP contribution in [0.25, 0.3) is 0 Å². The van der Waals surface area contributed by atoms with Gasteiger partial charge in [-0.15, -0.1) is 0 Å². The molecule has 1 aromatic heterocycles. The highest BCUT2D eigenvalue weighted by Gasteiger charge is 2.17. The Balaban J connectivity index is 1.87. The average Bonchev–Trinajstić information content (AvgIpc) is 3.02. The van der Waals surface area contributed by atoms with E-state index in [4.69, 9.17) is 4.74 Å². The fraction of sp³-hybridized carbons (Fsp3) is 0.421. The molecule has 2 heterocycles. The molecule has 1 aliphatic rings. The van der Waals surface area contributed by atoms with Crippen LogP contribution in [0.15, 0.2) is 23.0 Å². The van der Waals surface area contributed by atoms with Crippen molar-refractivity contribution in [3.8, 4) is 5.75 Å². The summed E-state index contributed by atoms with van der Waals surface area (Å²) in [4.78, 5) is 15.1. The first-order valence-corrected chi connectivity index (χ1v) is 8.36. The third-order valence-electron chi connectivity index (χ3n) is 4.52. The highest BCUT2D eigenvalue weighted by molar-refractivity contribution is 5.50. The Morgan fingerprint density at radius 1 is 1.17 bits per heavy atom. The molecule has 1 aliphatic heterocycles. The molecular formula is C19H24N2O2. The van der Waals surface area contributed by atoms with E-state index in [-0.39, 0.29) is 5.56 Å². The molecule has 0 amide bonds. The van der Waals surface area contributed by atoms with Crippen molar-refractivity contribution in [3.05, 3.63) is 56.5 Å². The minimum absolute atomic E-state index is 0.0658. The number of anilines is 1. The predicted octanol–water partition coefficient (Wildman–Crippen LogP) is 3.36. The highest BCUT2D eigenvalue weighted by atomic mass is 16.5. The first-order valence-electron chi connectivity index (χ1n) is 8.36. The molecule has 4 nitrogen and oxygen atoms in total. The lowest BCUT2D eigenvalue weighted by atomic mass is 10.0. The normalized spacial score (nSPS) is 12.8. The second kappa shape index (κ2) is 6.49. The zero-order valence-corrected chi connectivity index (χ0v) is 14.1. The lowest BCUT2D eigenvalue weighted by Gasteiger charge is -2.13. The number of ether oxygens (including phenoxy) is 1. The Labute approximate surface area is 136 Å². The van der Waals surface area contributed by atoms with Crippen molar-refractivity contribution in [1.82, 2.24) is 4.98 Å². The van der Waals surface area contributed by atoms with Crippen LogP contribution in [-0.2, 0) is 25.8 Å². The minimum atomic E-state index is -0.0658. The van der Waals surface area contributed by atoms with Crippen molar-refractivity contribution < 1.29 is 4.74 Å². The molecule has 2 aromatic rings. The molecule has 23 heavy (non-hydrogen) atoms. The van der Waals surface area contributed by atoms with Crippen LogP contribution >= 0.6 is 0 Å². The third-order valence-corrected chi connectivity index (χ3v) is 4.52. The van der Waals surface area contributed by atoms with Gasteiger partial charge in [-0.05, 0) is 42.5 Å². The van der Waals surface area contributed by atoms with Crippen molar-refractivity contribution in [2.45, 2.75) is 46.6 Å². The first-order chi connectivity index (χ1) is 11.1. The number of hydrogen-bond acceptors (Lipinski definition) is 3. The van der Waals surface area contributed by atoms with Gasteiger partial charge >= 0.3 is 0 Å². The molecule has 0 saturated heterocycles. The zero-order chi connectivity index (χ0) is 16.4. The topological polar surface area (TPSA) is 54.1 Å². The first kappa shape index (κ1) is 15.7. The van der Waals surface area contributed by atoms with Crippen LogP contribution in [0.3, 0.4) is 0 Å². The second-order valence-corrected chi connectivity index (χ2v) is 6.06. The predicted molar refractivity (Wildman–Crippen MR) is 93.5 cm³/mol. The van der Waals surface area contributed by atoms with Crippen molar-refractivity contribution in [2.75, 3.05) is 11.9 Å². The smallest absolute Gasteiger partial charge is 0.271 e. The summed E-state index contributed by atoms with van der Waals surface area (Å²) < 4.78 is 5.79. The molecule has 0 radical (unpaired) electrons. The van der Waals surface area contributed by atoms with E-state index in [0.717, 1.165) is 48.4 Å². The molecule has 3 rings (SSSR count). The summed E-state index contributed by atoms with van der Waals surface area (Å²) in [5.74, 6) is 0.994. The lowest BCUT2D eigenvalue weighted by molar-refractivity contribution is 0.354. The molecule has 1 aromatic carbocycles. The molecule has 0 unspecified atom stereocenters. The van der Waals surface area contributed by atoms with Crippen molar-refractivity contribution in [3.63, 3.8) is 0 Å². The van der Waals surface area contributed by atoms with Crippen molar-refractivity contribution in [1.29, 1.82) is 0 Å². The van der Waals surface area contributed by atoms with Crippen LogP contribution in [-0.4, -0.2) is 11.6 Å². The van der Waals surface area contributed by atoms with E-state index in [0.29, 0.717) is 12.2 Å². The molecular weight excluding hydrogens is 288 g/mol. The van der Waals surface area contributed by atoms with Gasteiger partial charge in [0.2, 0.25) is 0 Å². The number of rotatable bonds is 5. The molecule has 122 valence electrons. The van der Waals surface area contributed by atoms with E-state index < -0.39 is 0 Å². The SMILES string of the molecule is CCc1cc2c(c(CNc3cc(CC)c(C)[nH]c3=O)c1)OCC2. The van der Waals surface area contributed by atoms with Crippen LogP contribution in [0.2, 0.25) is 0 Å². The molecule has 0 fully saturated rings. The number of aryl methyl sites for hydroxylation is 3. The molecule has 0 aliphatic carbocycles. The van der Waals surface area contributed by atoms with Crippen molar-refractivity contribution >= 4 is 5.69 Å². The maximum absolute atomic E-state index is 12.1. The third kappa shape index (κ3) is 3.11. The Morgan fingerprint density at radius 3 is 2.74 bits per heavy atom. The second-order valence-electron chi connectivity index (χ2n) is 6.06. The summed E-state index contributed by atoms with van der Waals surface area (Å²) in [7, 11) is 0. The van der Waals surface area contributed by atoms with Gasteiger partial charge in [-0.25, -0.2) is 0 Å². The number of H-pyrrole nitrogens is 1. The summed E-state index contributed by atoms with van der Waals surface area (Å²) in [5, 5.41) is 3.29. The van der Waals surface area contributed by atoms with E-state index in [2.05, 4.69) is 36.3 Å². The Hall–Kier alpha value is -2.23. The molecule has 0 atom stereocenters. The van der Waals surface area contributed by atoms with Crippen LogP contribution in [0.5, 0.6) is 5.75 Å². The van der Waals surface area contributed by atoms with Crippen LogP contribution in [0.4, 0.5) is 5.69 Å². The molecule has 0 saturated carbocycles. The summed E-state index contributed by atoms with van der Waals surface area (Å²) in [6.07, 6.45) is 2.88. The van der Waals surface area contributed by atoms with Gasteiger partial charge in [0, 0.05) is 24.2 Å². The summed E-state index contributed by atoms with van der Waals surface area (Å²) in [6.45, 7) is 7.55. The van der Waals surface area contributed by atoms with Gasteiger partial charge in [-0.2, -0.15) is 0 Å². The summed E-state index contributed by atoms with van der Waals surface area (Å²) >= 11 is 0. The standard InChI is InChI=1S/C19H24N2O2/c1-4-13-8-15-6-7-23-18(15)16(9-13)11-20-17-10-14(5-2)12(3)21-19(17)22/h8-10,20H,4-7,11H2,1-3H3,(H,21,22). The van der Waals surface area contributed by atoms with E-state index in [1.165, 1.54) is 11.1 Å². The Bertz CT molecular complexity index is 778. The van der Waals surface area contributed by atoms with Gasteiger partial charge < -0.3 is 15.0 Å².